The number of benzene rings is 2. The molecule has 1 atom stereocenters. The van der Waals surface area contributed by atoms with Crippen molar-refractivity contribution in [3.63, 3.8) is 0 Å². The van der Waals surface area contributed by atoms with Gasteiger partial charge in [-0.15, -0.1) is 10.2 Å². The lowest BCUT2D eigenvalue weighted by molar-refractivity contribution is -0.132. The van der Waals surface area contributed by atoms with Crippen LogP contribution in [0, 0.1) is 0 Å². The minimum Gasteiger partial charge on any atom is -0.493 e. The number of piperazine rings is 1. The third kappa shape index (κ3) is 5.88. The first-order valence-electron chi connectivity index (χ1n) is 11.4. The average molecular weight is 499 g/mol. The summed E-state index contributed by atoms with van der Waals surface area (Å²) in [5, 5.41) is 8.26. The van der Waals surface area contributed by atoms with Gasteiger partial charge in [0.25, 0.3) is 5.22 Å². The van der Waals surface area contributed by atoms with Gasteiger partial charge < -0.3 is 23.5 Å². The fourth-order valence-corrected chi connectivity index (χ4v) is 4.77. The second-order valence-electron chi connectivity index (χ2n) is 8.13. The number of hydrogen-bond donors (Lipinski definition) is 0. The molecule has 9 nitrogen and oxygen atoms in total. The number of nitrogens with zero attached hydrogens (tertiary/aromatic N) is 4. The van der Waals surface area contributed by atoms with Crippen molar-refractivity contribution in [3.05, 3.63) is 48.0 Å². The summed E-state index contributed by atoms with van der Waals surface area (Å²) in [6, 6.07) is 13.9. The van der Waals surface area contributed by atoms with Gasteiger partial charge >= 0.3 is 0 Å². The Morgan fingerprint density at radius 1 is 1.00 bits per heavy atom. The second-order valence-corrected chi connectivity index (χ2v) is 9.43. The van der Waals surface area contributed by atoms with E-state index in [1.54, 1.807) is 33.5 Å². The molecular formula is C25H30N4O5S. The van der Waals surface area contributed by atoms with Crippen LogP contribution in [0.15, 0.2) is 52.1 Å². The van der Waals surface area contributed by atoms with Crippen molar-refractivity contribution < 1.29 is 23.4 Å². The number of amides is 1. The Balaban J connectivity index is 1.35. The summed E-state index contributed by atoms with van der Waals surface area (Å²) in [6.45, 7) is 5.88. The van der Waals surface area contributed by atoms with Crippen molar-refractivity contribution in [3.8, 4) is 28.7 Å². The lowest BCUT2D eigenvalue weighted by Crippen LogP contribution is -2.50. The SMILES string of the molecule is COc1cc(-c2nnc(SC(C)C(=O)N3CCN(Cc4ccccc4)CC3)o2)cc(OC)c1OC. The van der Waals surface area contributed by atoms with E-state index in [-0.39, 0.29) is 11.2 Å². The number of carbonyl (C=O) groups is 1. The zero-order valence-electron chi connectivity index (χ0n) is 20.4. The molecule has 0 spiro atoms. The summed E-state index contributed by atoms with van der Waals surface area (Å²) in [5.41, 5.74) is 1.92. The van der Waals surface area contributed by atoms with Crippen LogP contribution in [0.4, 0.5) is 0 Å². The van der Waals surface area contributed by atoms with Crippen molar-refractivity contribution in [2.75, 3.05) is 47.5 Å². The number of ether oxygens (including phenoxy) is 3. The summed E-state index contributed by atoms with van der Waals surface area (Å²) in [6.07, 6.45) is 0. The lowest BCUT2D eigenvalue weighted by Gasteiger charge is -2.35. The lowest BCUT2D eigenvalue weighted by atomic mass is 10.2. The van der Waals surface area contributed by atoms with E-state index in [0.717, 1.165) is 19.6 Å². The van der Waals surface area contributed by atoms with Crippen molar-refractivity contribution in [1.82, 2.24) is 20.0 Å². The van der Waals surface area contributed by atoms with Gasteiger partial charge in [0, 0.05) is 38.3 Å². The molecule has 186 valence electrons. The number of aromatic nitrogens is 2. The van der Waals surface area contributed by atoms with Crippen LogP contribution in [0.5, 0.6) is 17.2 Å². The van der Waals surface area contributed by atoms with Gasteiger partial charge in [0.1, 0.15) is 0 Å². The highest BCUT2D eigenvalue weighted by molar-refractivity contribution is 8.00. The van der Waals surface area contributed by atoms with E-state index in [4.69, 9.17) is 18.6 Å². The number of thioether (sulfide) groups is 1. The van der Waals surface area contributed by atoms with Crippen molar-refractivity contribution >= 4 is 17.7 Å². The number of carbonyl (C=O) groups excluding carboxylic acids is 1. The van der Waals surface area contributed by atoms with Gasteiger partial charge in [-0.2, -0.15) is 0 Å². The predicted molar refractivity (Wildman–Crippen MR) is 133 cm³/mol. The zero-order valence-corrected chi connectivity index (χ0v) is 21.2. The summed E-state index contributed by atoms with van der Waals surface area (Å²) in [7, 11) is 4.64. The first kappa shape index (κ1) is 24.9. The highest BCUT2D eigenvalue weighted by Crippen LogP contribution is 2.41. The number of rotatable bonds is 9. The minimum atomic E-state index is -0.344. The number of methoxy groups -OCH3 is 3. The molecule has 2 heterocycles. The first-order valence-corrected chi connectivity index (χ1v) is 12.3. The Hall–Kier alpha value is -3.24. The van der Waals surface area contributed by atoms with Crippen LogP contribution >= 0.6 is 11.8 Å². The summed E-state index contributed by atoms with van der Waals surface area (Å²) in [4.78, 5) is 17.3. The molecule has 1 amide bonds. The third-order valence-electron chi connectivity index (χ3n) is 5.88. The van der Waals surface area contributed by atoms with Gasteiger partial charge in [0.15, 0.2) is 11.5 Å². The van der Waals surface area contributed by atoms with E-state index in [1.165, 1.54) is 17.3 Å². The van der Waals surface area contributed by atoms with Crippen LogP contribution < -0.4 is 14.2 Å². The van der Waals surface area contributed by atoms with Crippen LogP contribution in [0.3, 0.4) is 0 Å². The van der Waals surface area contributed by atoms with E-state index in [9.17, 15) is 4.79 Å². The summed E-state index contributed by atoms with van der Waals surface area (Å²) < 4.78 is 22.0. The van der Waals surface area contributed by atoms with Crippen LogP contribution in [-0.2, 0) is 11.3 Å². The van der Waals surface area contributed by atoms with Crippen LogP contribution in [0.25, 0.3) is 11.5 Å². The summed E-state index contributed by atoms with van der Waals surface area (Å²) >= 11 is 1.26. The molecule has 1 aliphatic rings. The van der Waals surface area contributed by atoms with E-state index in [0.29, 0.717) is 47.0 Å². The molecule has 0 radical (unpaired) electrons. The highest BCUT2D eigenvalue weighted by atomic mass is 32.2. The third-order valence-corrected chi connectivity index (χ3v) is 6.80. The van der Waals surface area contributed by atoms with E-state index in [1.807, 2.05) is 17.9 Å². The molecule has 0 saturated carbocycles. The van der Waals surface area contributed by atoms with Crippen LogP contribution in [0.2, 0.25) is 0 Å². The molecule has 35 heavy (non-hydrogen) atoms. The van der Waals surface area contributed by atoms with Crippen molar-refractivity contribution in [2.24, 2.45) is 0 Å². The molecule has 1 unspecified atom stereocenters. The van der Waals surface area contributed by atoms with Crippen molar-refractivity contribution in [2.45, 2.75) is 23.9 Å². The second kappa shape index (κ2) is 11.5. The van der Waals surface area contributed by atoms with E-state index in [2.05, 4.69) is 39.4 Å². The van der Waals surface area contributed by atoms with E-state index >= 15 is 0 Å². The van der Waals surface area contributed by atoms with E-state index < -0.39 is 0 Å². The smallest absolute Gasteiger partial charge is 0.277 e. The molecule has 1 aliphatic heterocycles. The van der Waals surface area contributed by atoms with Gasteiger partial charge in [-0.3, -0.25) is 9.69 Å². The van der Waals surface area contributed by atoms with Gasteiger partial charge in [-0.05, 0) is 24.6 Å². The Kier molecular flexibility index (Phi) is 8.14. The molecule has 1 fully saturated rings. The van der Waals surface area contributed by atoms with Crippen LogP contribution in [-0.4, -0.2) is 78.7 Å². The van der Waals surface area contributed by atoms with Gasteiger partial charge in [0.2, 0.25) is 17.5 Å². The average Bonchev–Trinajstić information content (AvgIpc) is 3.36. The topological polar surface area (TPSA) is 90.2 Å². The molecule has 1 aromatic heterocycles. The Labute approximate surface area is 209 Å². The Bertz CT molecular complexity index is 1110. The molecular weight excluding hydrogens is 468 g/mol. The molecule has 0 N–H and O–H groups in total. The first-order chi connectivity index (χ1) is 17.0. The quantitative estimate of drug-likeness (QED) is 0.411. The zero-order chi connectivity index (χ0) is 24.8. The normalized spacial score (nSPS) is 15.0. The van der Waals surface area contributed by atoms with Crippen LogP contribution in [0.1, 0.15) is 12.5 Å². The highest BCUT2D eigenvalue weighted by Gasteiger charge is 2.27. The molecule has 2 aromatic carbocycles. The standard InChI is InChI=1S/C25H30N4O5S/c1-17(24(30)29-12-10-28(11-13-29)16-18-8-6-5-7-9-18)35-25-27-26-23(34-25)19-14-20(31-2)22(33-4)21(15-19)32-3/h5-9,14-15,17H,10-13,16H2,1-4H3. The largest absolute Gasteiger partial charge is 0.493 e. The monoisotopic (exact) mass is 498 g/mol. The maximum Gasteiger partial charge on any atom is 0.277 e. The summed E-state index contributed by atoms with van der Waals surface area (Å²) in [5.74, 6) is 1.84. The van der Waals surface area contributed by atoms with Gasteiger partial charge in [-0.25, -0.2) is 0 Å². The molecule has 10 heteroatoms. The molecule has 4 rings (SSSR count). The maximum absolute atomic E-state index is 13.0. The van der Waals surface area contributed by atoms with Gasteiger partial charge in [-0.1, -0.05) is 42.1 Å². The Morgan fingerprint density at radius 3 is 2.26 bits per heavy atom. The Morgan fingerprint density at radius 2 is 1.66 bits per heavy atom. The van der Waals surface area contributed by atoms with Gasteiger partial charge in [0.05, 0.1) is 26.6 Å². The maximum atomic E-state index is 13.0. The van der Waals surface area contributed by atoms with Crippen molar-refractivity contribution in [1.29, 1.82) is 0 Å². The molecule has 3 aromatic rings. The minimum absolute atomic E-state index is 0.0712. The number of hydrogen-bond acceptors (Lipinski definition) is 9. The fraction of sp³-hybridized carbons (Fsp3) is 0.400. The predicted octanol–water partition coefficient (Wildman–Crippen LogP) is 3.59. The molecule has 1 saturated heterocycles. The fourth-order valence-electron chi connectivity index (χ4n) is 4.01. The molecule has 0 bridgehead atoms. The molecule has 0 aliphatic carbocycles.